The molecule has 0 spiro atoms. The smallest absolute Gasteiger partial charge is 0.368 e. The summed E-state index contributed by atoms with van der Waals surface area (Å²) >= 11 is 1.40. The Labute approximate surface area is 188 Å². The molecule has 0 bridgehead atoms. The predicted molar refractivity (Wildman–Crippen MR) is 120 cm³/mol. The Morgan fingerprint density at radius 2 is 1.66 bits per heavy atom. The molecular formula is C23H23F4N3OS. The van der Waals surface area contributed by atoms with Crippen molar-refractivity contribution in [1.29, 1.82) is 0 Å². The summed E-state index contributed by atoms with van der Waals surface area (Å²) in [5.74, 6) is 0.00800. The number of amides is 1. The summed E-state index contributed by atoms with van der Waals surface area (Å²) in [4.78, 5) is 19.4. The van der Waals surface area contributed by atoms with Crippen LogP contribution in [0.25, 0.3) is 6.08 Å². The number of hydrogen-bond acceptors (Lipinski definition) is 4. The standard InChI is InChI=1S/C23H23F4N3OS/c1-28-8-10-29(11-9-28)20-15-18(24)5-2-16(20)14-21-22(31)30(12-13-32-21)19-6-3-17(4-7-19)23(25,26)27/h2-7,14-15H,8-13H2,1H3/b21-14-. The first-order chi connectivity index (χ1) is 15.2. The third kappa shape index (κ3) is 4.94. The van der Waals surface area contributed by atoms with Gasteiger partial charge in [-0.15, -0.1) is 11.8 Å². The summed E-state index contributed by atoms with van der Waals surface area (Å²) in [7, 11) is 2.04. The minimum absolute atomic E-state index is 0.269. The normalized spacial score (nSPS) is 19.7. The van der Waals surface area contributed by atoms with Gasteiger partial charge in [0.05, 0.1) is 10.5 Å². The van der Waals surface area contributed by atoms with Crippen LogP contribution in [0.2, 0.25) is 0 Å². The van der Waals surface area contributed by atoms with Gasteiger partial charge in [0.2, 0.25) is 0 Å². The van der Waals surface area contributed by atoms with Crippen molar-refractivity contribution in [2.75, 3.05) is 55.3 Å². The van der Waals surface area contributed by atoms with Crippen LogP contribution >= 0.6 is 11.8 Å². The molecule has 32 heavy (non-hydrogen) atoms. The molecule has 2 aliphatic rings. The lowest BCUT2D eigenvalue weighted by atomic mass is 10.1. The van der Waals surface area contributed by atoms with E-state index in [2.05, 4.69) is 9.80 Å². The Balaban J connectivity index is 1.60. The maximum Gasteiger partial charge on any atom is 0.416 e. The first-order valence-electron chi connectivity index (χ1n) is 10.3. The number of hydrogen-bond donors (Lipinski definition) is 0. The van der Waals surface area contributed by atoms with Crippen LogP contribution in [0.1, 0.15) is 11.1 Å². The highest BCUT2D eigenvalue weighted by Crippen LogP contribution is 2.34. The fourth-order valence-electron chi connectivity index (χ4n) is 3.82. The highest BCUT2D eigenvalue weighted by Gasteiger charge is 2.31. The van der Waals surface area contributed by atoms with Gasteiger partial charge in [0, 0.05) is 49.9 Å². The number of carbonyl (C=O) groups excluding carboxylic acids is 1. The Morgan fingerprint density at radius 1 is 0.969 bits per heavy atom. The van der Waals surface area contributed by atoms with Crippen LogP contribution in [0, 0.1) is 5.82 Å². The van der Waals surface area contributed by atoms with E-state index in [1.165, 1.54) is 40.9 Å². The SMILES string of the molecule is CN1CCN(c2cc(F)ccc2/C=C2\SCCN(c3ccc(C(F)(F)F)cc3)C2=O)CC1. The molecule has 2 aromatic carbocycles. The summed E-state index contributed by atoms with van der Waals surface area (Å²) in [6.07, 6.45) is -2.66. The molecule has 2 aliphatic heterocycles. The van der Waals surface area contributed by atoms with Gasteiger partial charge >= 0.3 is 6.18 Å². The van der Waals surface area contributed by atoms with Crippen LogP contribution in [-0.2, 0) is 11.0 Å². The number of nitrogens with zero attached hydrogens (tertiary/aromatic N) is 3. The number of benzene rings is 2. The molecule has 0 N–H and O–H groups in total. The Kier molecular flexibility index (Phi) is 6.48. The molecule has 9 heteroatoms. The summed E-state index contributed by atoms with van der Waals surface area (Å²) in [5, 5.41) is 0. The molecule has 0 aliphatic carbocycles. The first-order valence-corrected chi connectivity index (χ1v) is 11.3. The van der Waals surface area contributed by atoms with Crippen LogP contribution in [0.15, 0.2) is 47.4 Å². The summed E-state index contributed by atoms with van der Waals surface area (Å²) in [6, 6.07) is 9.14. The highest BCUT2D eigenvalue weighted by molar-refractivity contribution is 8.04. The van der Waals surface area contributed by atoms with Gasteiger partial charge in [-0.25, -0.2) is 4.39 Å². The van der Waals surface area contributed by atoms with Gasteiger partial charge in [0.15, 0.2) is 0 Å². The maximum atomic E-state index is 14.0. The van der Waals surface area contributed by atoms with Gasteiger partial charge < -0.3 is 14.7 Å². The number of anilines is 2. The molecule has 1 amide bonds. The fraction of sp³-hybridized carbons (Fsp3) is 0.348. The van der Waals surface area contributed by atoms with Gasteiger partial charge in [-0.1, -0.05) is 0 Å². The van der Waals surface area contributed by atoms with E-state index < -0.39 is 11.7 Å². The van der Waals surface area contributed by atoms with Crippen molar-refractivity contribution in [3.8, 4) is 0 Å². The second-order valence-electron chi connectivity index (χ2n) is 7.85. The van der Waals surface area contributed by atoms with Crippen molar-refractivity contribution in [3.05, 3.63) is 64.3 Å². The fourth-order valence-corrected chi connectivity index (χ4v) is 4.76. The molecule has 4 nitrogen and oxygen atoms in total. The van der Waals surface area contributed by atoms with Crippen LogP contribution in [0.3, 0.4) is 0 Å². The van der Waals surface area contributed by atoms with Gasteiger partial charge in [0.1, 0.15) is 5.82 Å². The van der Waals surface area contributed by atoms with Gasteiger partial charge in [0.25, 0.3) is 5.91 Å². The minimum Gasteiger partial charge on any atom is -0.368 e. The number of thioether (sulfide) groups is 1. The van der Waals surface area contributed by atoms with E-state index in [0.717, 1.165) is 49.6 Å². The van der Waals surface area contributed by atoms with E-state index in [1.54, 1.807) is 12.1 Å². The van der Waals surface area contributed by atoms with Crippen LogP contribution < -0.4 is 9.80 Å². The van der Waals surface area contributed by atoms with Gasteiger partial charge in [-0.05, 0) is 61.2 Å². The second kappa shape index (κ2) is 9.15. The van der Waals surface area contributed by atoms with E-state index in [0.29, 0.717) is 22.9 Å². The number of piperazine rings is 1. The molecule has 0 atom stereocenters. The summed E-state index contributed by atoms with van der Waals surface area (Å²) in [6.45, 7) is 3.65. The molecule has 0 radical (unpaired) electrons. The molecule has 2 fully saturated rings. The quantitative estimate of drug-likeness (QED) is 0.484. The minimum atomic E-state index is -4.42. The maximum absolute atomic E-state index is 14.0. The zero-order valence-corrected chi connectivity index (χ0v) is 18.3. The topological polar surface area (TPSA) is 26.8 Å². The number of alkyl halides is 3. The van der Waals surface area contributed by atoms with Crippen LogP contribution in [0.4, 0.5) is 28.9 Å². The first kappa shape index (κ1) is 22.7. The third-order valence-corrected chi connectivity index (χ3v) is 6.65. The third-order valence-electron chi connectivity index (χ3n) is 5.66. The van der Waals surface area contributed by atoms with Crippen molar-refractivity contribution in [1.82, 2.24) is 4.90 Å². The van der Waals surface area contributed by atoms with Gasteiger partial charge in [-0.2, -0.15) is 13.2 Å². The largest absolute Gasteiger partial charge is 0.416 e. The molecule has 4 rings (SSSR count). The van der Waals surface area contributed by atoms with E-state index in [1.807, 2.05) is 7.05 Å². The van der Waals surface area contributed by atoms with Gasteiger partial charge in [-0.3, -0.25) is 4.79 Å². The lowest BCUT2D eigenvalue weighted by molar-refractivity contribution is -0.137. The molecule has 2 aromatic rings. The van der Waals surface area contributed by atoms with E-state index in [-0.39, 0.29) is 11.7 Å². The number of halogens is 4. The van der Waals surface area contributed by atoms with Crippen LogP contribution in [0.5, 0.6) is 0 Å². The number of carbonyl (C=O) groups is 1. The Bertz CT molecular complexity index is 1010. The molecule has 0 saturated carbocycles. The molecule has 2 saturated heterocycles. The summed E-state index contributed by atoms with van der Waals surface area (Å²) in [5.41, 5.74) is 1.17. The number of rotatable bonds is 3. The summed E-state index contributed by atoms with van der Waals surface area (Å²) < 4.78 is 52.6. The highest BCUT2D eigenvalue weighted by atomic mass is 32.2. The monoisotopic (exact) mass is 465 g/mol. The van der Waals surface area contributed by atoms with Crippen molar-refractivity contribution in [3.63, 3.8) is 0 Å². The zero-order chi connectivity index (χ0) is 22.9. The Morgan fingerprint density at radius 3 is 2.31 bits per heavy atom. The van der Waals surface area contributed by atoms with E-state index >= 15 is 0 Å². The molecule has 0 unspecified atom stereocenters. The average Bonchev–Trinajstić information content (AvgIpc) is 2.76. The van der Waals surface area contributed by atoms with Crippen molar-refractivity contribution in [2.24, 2.45) is 0 Å². The number of likely N-dealkylation sites (N-methyl/N-ethyl adjacent to an activating group) is 1. The molecular weight excluding hydrogens is 442 g/mol. The molecule has 2 heterocycles. The van der Waals surface area contributed by atoms with E-state index in [4.69, 9.17) is 0 Å². The molecule has 0 aromatic heterocycles. The molecule has 170 valence electrons. The lowest BCUT2D eigenvalue weighted by Crippen LogP contribution is -2.44. The van der Waals surface area contributed by atoms with Crippen molar-refractivity contribution < 1.29 is 22.4 Å². The van der Waals surface area contributed by atoms with Crippen molar-refractivity contribution in [2.45, 2.75) is 6.18 Å². The zero-order valence-electron chi connectivity index (χ0n) is 17.5. The second-order valence-corrected chi connectivity index (χ2v) is 8.99. The average molecular weight is 466 g/mol. The van der Waals surface area contributed by atoms with Crippen LogP contribution in [-0.4, -0.2) is 56.3 Å². The Hall–Kier alpha value is -2.52. The van der Waals surface area contributed by atoms with Crippen molar-refractivity contribution >= 4 is 35.1 Å². The predicted octanol–water partition coefficient (Wildman–Crippen LogP) is 4.72. The lowest BCUT2D eigenvalue weighted by Gasteiger charge is -2.35. The van der Waals surface area contributed by atoms with E-state index in [9.17, 15) is 22.4 Å².